The molecular weight excluding hydrogens is 308 g/mol. The molecule has 0 amide bonds. The molecule has 4 rings (SSSR count). The molecule has 24 heavy (non-hydrogen) atoms. The monoisotopic (exact) mass is 336 g/mol. The van der Waals surface area contributed by atoms with Gasteiger partial charge >= 0.3 is 11.9 Å². The van der Waals surface area contributed by atoms with Crippen molar-refractivity contribution in [3.05, 3.63) is 12.2 Å². The van der Waals surface area contributed by atoms with Crippen LogP contribution in [0.1, 0.15) is 58.8 Å². The summed E-state index contributed by atoms with van der Waals surface area (Å²) in [5, 5.41) is 0. The zero-order valence-electron chi connectivity index (χ0n) is 14.8. The maximum Gasteiger partial charge on any atom is 0.333 e. The van der Waals surface area contributed by atoms with Crippen LogP contribution < -0.4 is 0 Å². The molecule has 0 spiro atoms. The predicted molar refractivity (Wildman–Crippen MR) is 88.3 cm³/mol. The summed E-state index contributed by atoms with van der Waals surface area (Å²) in [6.07, 6.45) is 6.13. The van der Waals surface area contributed by atoms with Crippen molar-refractivity contribution in [3.63, 3.8) is 0 Å². The Kier molecular flexibility index (Phi) is 4.73. The van der Waals surface area contributed by atoms with Gasteiger partial charge in [-0.1, -0.05) is 6.58 Å². The van der Waals surface area contributed by atoms with Crippen LogP contribution >= 0.6 is 0 Å². The molecule has 0 N–H and O–H groups in total. The average molecular weight is 336 g/mol. The highest BCUT2D eigenvalue weighted by molar-refractivity contribution is 5.87. The molecule has 4 fully saturated rings. The van der Waals surface area contributed by atoms with Gasteiger partial charge in [0.2, 0.25) is 0 Å². The Hall–Kier alpha value is -1.36. The molecular formula is C19H28O5. The van der Waals surface area contributed by atoms with Crippen molar-refractivity contribution in [1.82, 2.24) is 0 Å². The van der Waals surface area contributed by atoms with E-state index in [2.05, 4.69) is 6.58 Å². The zero-order chi connectivity index (χ0) is 17.4. The second-order valence-electron chi connectivity index (χ2n) is 7.90. The third-order valence-corrected chi connectivity index (χ3v) is 5.63. The summed E-state index contributed by atoms with van der Waals surface area (Å²) in [6, 6.07) is 0. The van der Waals surface area contributed by atoms with E-state index in [-0.39, 0.29) is 24.0 Å². The lowest BCUT2D eigenvalue weighted by Gasteiger charge is -2.60. The van der Waals surface area contributed by atoms with E-state index >= 15 is 0 Å². The van der Waals surface area contributed by atoms with Crippen LogP contribution in [0.5, 0.6) is 0 Å². The SMILES string of the molecule is C=C(C)C(=O)OC12CC3CC(CC(OCCC(=O)OCC)(C3)C1)C2. The van der Waals surface area contributed by atoms with Crippen molar-refractivity contribution in [2.75, 3.05) is 13.2 Å². The standard InChI is InChI=1S/C19H28O5/c1-4-22-16(20)5-6-23-18-8-14-7-15(9-18)11-19(10-14,12-18)24-17(21)13(2)3/h14-15H,2,4-12H2,1,3H3. The fraction of sp³-hybridized carbons (Fsp3) is 0.789. The lowest BCUT2D eigenvalue weighted by molar-refractivity contribution is -0.232. The Morgan fingerprint density at radius 2 is 1.75 bits per heavy atom. The van der Waals surface area contributed by atoms with Crippen LogP contribution in [0, 0.1) is 11.8 Å². The molecule has 5 nitrogen and oxygen atoms in total. The first-order chi connectivity index (χ1) is 11.4. The van der Waals surface area contributed by atoms with Gasteiger partial charge in [0.1, 0.15) is 5.60 Å². The number of hydrogen-bond donors (Lipinski definition) is 0. The molecule has 0 aromatic rings. The van der Waals surface area contributed by atoms with Gasteiger partial charge in [-0.2, -0.15) is 0 Å². The van der Waals surface area contributed by atoms with Crippen molar-refractivity contribution in [3.8, 4) is 0 Å². The second kappa shape index (κ2) is 6.51. The smallest absolute Gasteiger partial charge is 0.333 e. The van der Waals surface area contributed by atoms with E-state index in [0.717, 1.165) is 32.1 Å². The molecule has 4 aliphatic rings. The molecule has 0 heterocycles. The van der Waals surface area contributed by atoms with E-state index in [0.29, 0.717) is 30.6 Å². The quantitative estimate of drug-likeness (QED) is 0.528. The molecule has 0 radical (unpaired) electrons. The molecule has 5 heteroatoms. The van der Waals surface area contributed by atoms with E-state index in [1.54, 1.807) is 13.8 Å². The Morgan fingerprint density at radius 3 is 2.33 bits per heavy atom. The number of rotatable bonds is 7. The molecule has 4 bridgehead atoms. The minimum Gasteiger partial charge on any atom is -0.466 e. The molecule has 4 aliphatic carbocycles. The topological polar surface area (TPSA) is 61.8 Å². The number of esters is 2. The minimum absolute atomic E-state index is 0.217. The Labute approximate surface area is 143 Å². The second-order valence-corrected chi connectivity index (χ2v) is 7.90. The fourth-order valence-corrected chi connectivity index (χ4v) is 5.25. The van der Waals surface area contributed by atoms with Crippen LogP contribution in [0.3, 0.4) is 0 Å². The van der Waals surface area contributed by atoms with Crippen molar-refractivity contribution < 1.29 is 23.8 Å². The predicted octanol–water partition coefficient (Wildman–Crippen LogP) is 3.17. The maximum absolute atomic E-state index is 12.1. The number of ether oxygens (including phenoxy) is 3. The van der Waals surface area contributed by atoms with Crippen LogP contribution in [-0.4, -0.2) is 36.4 Å². The lowest BCUT2D eigenvalue weighted by Crippen LogP contribution is -2.61. The summed E-state index contributed by atoms with van der Waals surface area (Å²) in [6.45, 7) is 7.97. The molecule has 2 unspecified atom stereocenters. The molecule has 0 aliphatic heterocycles. The van der Waals surface area contributed by atoms with Crippen LogP contribution in [0.25, 0.3) is 0 Å². The minimum atomic E-state index is -0.399. The molecule has 2 atom stereocenters. The van der Waals surface area contributed by atoms with Crippen molar-refractivity contribution in [2.24, 2.45) is 11.8 Å². The summed E-state index contributed by atoms with van der Waals surface area (Å²) in [7, 11) is 0. The van der Waals surface area contributed by atoms with Crippen LogP contribution in [0.2, 0.25) is 0 Å². The van der Waals surface area contributed by atoms with Crippen LogP contribution in [0.4, 0.5) is 0 Å². The van der Waals surface area contributed by atoms with E-state index in [1.165, 1.54) is 6.42 Å². The zero-order valence-corrected chi connectivity index (χ0v) is 14.8. The van der Waals surface area contributed by atoms with E-state index in [9.17, 15) is 9.59 Å². The Balaban J connectivity index is 1.65. The first-order valence-electron chi connectivity index (χ1n) is 9.04. The third-order valence-electron chi connectivity index (χ3n) is 5.63. The van der Waals surface area contributed by atoms with Gasteiger partial charge in [-0.15, -0.1) is 0 Å². The summed E-state index contributed by atoms with van der Waals surface area (Å²) < 4.78 is 17.1. The van der Waals surface area contributed by atoms with Gasteiger partial charge < -0.3 is 14.2 Å². The summed E-state index contributed by atoms with van der Waals surface area (Å²) in [5.74, 6) is 0.586. The van der Waals surface area contributed by atoms with Gasteiger partial charge in [0.15, 0.2) is 0 Å². The first-order valence-corrected chi connectivity index (χ1v) is 9.04. The number of carbonyl (C=O) groups is 2. The molecule has 0 saturated heterocycles. The lowest BCUT2D eigenvalue weighted by atomic mass is 9.52. The van der Waals surface area contributed by atoms with Gasteiger partial charge in [-0.25, -0.2) is 4.79 Å². The normalized spacial score (nSPS) is 36.4. The number of carbonyl (C=O) groups excluding carboxylic acids is 2. The number of hydrogen-bond acceptors (Lipinski definition) is 5. The van der Waals surface area contributed by atoms with Gasteiger partial charge in [-0.05, 0) is 57.8 Å². The van der Waals surface area contributed by atoms with Gasteiger partial charge in [-0.3, -0.25) is 4.79 Å². The Morgan fingerprint density at radius 1 is 1.12 bits per heavy atom. The highest BCUT2D eigenvalue weighted by Crippen LogP contribution is 2.60. The Bertz CT molecular complexity index is 524. The van der Waals surface area contributed by atoms with Crippen molar-refractivity contribution in [1.29, 1.82) is 0 Å². The van der Waals surface area contributed by atoms with Gasteiger partial charge in [0, 0.05) is 12.0 Å². The third kappa shape index (κ3) is 3.51. The van der Waals surface area contributed by atoms with Gasteiger partial charge in [0.05, 0.1) is 25.2 Å². The molecule has 0 aromatic heterocycles. The molecule has 4 saturated carbocycles. The van der Waals surface area contributed by atoms with Crippen molar-refractivity contribution >= 4 is 11.9 Å². The van der Waals surface area contributed by atoms with Crippen LogP contribution in [0.15, 0.2) is 12.2 Å². The fourth-order valence-electron chi connectivity index (χ4n) is 5.25. The maximum atomic E-state index is 12.1. The summed E-state index contributed by atoms with van der Waals surface area (Å²) in [4.78, 5) is 23.6. The van der Waals surface area contributed by atoms with E-state index < -0.39 is 5.60 Å². The summed E-state index contributed by atoms with van der Waals surface area (Å²) in [5.41, 5.74) is -0.196. The highest BCUT2D eigenvalue weighted by Gasteiger charge is 2.60. The van der Waals surface area contributed by atoms with E-state index in [1.807, 2.05) is 0 Å². The highest BCUT2D eigenvalue weighted by atomic mass is 16.6. The molecule has 134 valence electrons. The van der Waals surface area contributed by atoms with E-state index in [4.69, 9.17) is 14.2 Å². The molecule has 0 aromatic carbocycles. The van der Waals surface area contributed by atoms with Crippen LogP contribution in [-0.2, 0) is 23.8 Å². The average Bonchev–Trinajstić information content (AvgIpc) is 2.45. The summed E-state index contributed by atoms with van der Waals surface area (Å²) >= 11 is 0. The van der Waals surface area contributed by atoms with Gasteiger partial charge in [0.25, 0.3) is 0 Å². The largest absolute Gasteiger partial charge is 0.466 e. The van der Waals surface area contributed by atoms with Crippen molar-refractivity contribution in [2.45, 2.75) is 70.0 Å². The first kappa shape index (κ1) is 17.5.